The first kappa shape index (κ1) is 14.1. The fourth-order valence-electron chi connectivity index (χ4n) is 1.27. The number of alkyl halides is 1. The maximum atomic E-state index is 11.3. The van der Waals surface area contributed by atoms with E-state index in [1.54, 1.807) is 24.3 Å². The molecule has 0 spiro atoms. The molecule has 0 aliphatic rings. The van der Waals surface area contributed by atoms with Crippen molar-refractivity contribution >= 4 is 35.1 Å². The largest absolute Gasteiger partial charge is 0.480 e. The maximum absolute atomic E-state index is 11.3. The molecule has 0 radical (unpaired) electrons. The van der Waals surface area contributed by atoms with Crippen molar-refractivity contribution in [3.63, 3.8) is 0 Å². The van der Waals surface area contributed by atoms with Gasteiger partial charge in [-0.05, 0) is 18.6 Å². The number of carboxylic acids is 1. The second-order valence-corrected chi connectivity index (χ2v) is 4.98. The van der Waals surface area contributed by atoms with E-state index in [-0.39, 0.29) is 11.7 Å². The van der Waals surface area contributed by atoms with Crippen LogP contribution in [0.1, 0.15) is 23.7 Å². The number of halogens is 1. The lowest BCUT2D eigenvalue weighted by atomic mass is 10.1. The van der Waals surface area contributed by atoms with Gasteiger partial charge in [-0.25, -0.2) is 0 Å². The summed E-state index contributed by atoms with van der Waals surface area (Å²) in [6.45, 7) is 1.83. The number of carbonyl (C=O) groups excluding carboxylic acids is 1. The average molecular weight is 273 g/mol. The van der Waals surface area contributed by atoms with E-state index >= 15 is 0 Å². The van der Waals surface area contributed by atoms with Gasteiger partial charge in [-0.2, -0.15) is 0 Å². The van der Waals surface area contributed by atoms with Gasteiger partial charge in [0.1, 0.15) is 5.25 Å². The van der Waals surface area contributed by atoms with Crippen LogP contribution in [0.2, 0.25) is 0 Å². The van der Waals surface area contributed by atoms with Gasteiger partial charge < -0.3 is 5.11 Å². The third-order valence-corrected chi connectivity index (χ3v) is 3.83. The number of ketones is 1. The Balaban J connectivity index is 2.74. The molecule has 0 aliphatic carbocycles. The van der Waals surface area contributed by atoms with Crippen LogP contribution >= 0.6 is 23.4 Å². The Labute approximate surface area is 109 Å². The summed E-state index contributed by atoms with van der Waals surface area (Å²) in [6, 6.07) is 6.83. The molecule has 0 saturated heterocycles. The molecule has 1 unspecified atom stereocenters. The molecule has 0 heterocycles. The van der Waals surface area contributed by atoms with Crippen LogP contribution < -0.4 is 0 Å². The highest BCUT2D eigenvalue weighted by atomic mass is 35.5. The van der Waals surface area contributed by atoms with E-state index in [0.29, 0.717) is 12.0 Å². The molecule has 17 heavy (non-hydrogen) atoms. The number of hydrogen-bond acceptors (Lipinski definition) is 3. The Hall–Kier alpha value is -1.00. The van der Waals surface area contributed by atoms with E-state index < -0.39 is 11.2 Å². The van der Waals surface area contributed by atoms with Crippen LogP contribution in [0.4, 0.5) is 0 Å². The summed E-state index contributed by atoms with van der Waals surface area (Å²) in [7, 11) is 0. The van der Waals surface area contributed by atoms with Crippen molar-refractivity contribution in [2.45, 2.75) is 23.5 Å². The van der Waals surface area contributed by atoms with Gasteiger partial charge in [-0.3, -0.25) is 9.59 Å². The summed E-state index contributed by atoms with van der Waals surface area (Å²) in [5, 5.41) is 8.47. The molecule has 3 nitrogen and oxygen atoms in total. The number of carbonyl (C=O) groups is 2. The summed E-state index contributed by atoms with van der Waals surface area (Å²) < 4.78 is 0. The number of hydrogen-bond donors (Lipinski definition) is 1. The summed E-state index contributed by atoms with van der Waals surface area (Å²) >= 11 is 6.72. The van der Waals surface area contributed by atoms with E-state index in [0.717, 1.165) is 4.90 Å². The lowest BCUT2D eigenvalue weighted by Gasteiger charge is -2.09. The van der Waals surface area contributed by atoms with Crippen LogP contribution in [0.5, 0.6) is 0 Å². The van der Waals surface area contributed by atoms with Gasteiger partial charge in [0.15, 0.2) is 5.78 Å². The number of Topliss-reactive ketones (excluding diaryl/α,β-unsaturated/α-hetero) is 1. The van der Waals surface area contributed by atoms with Crippen LogP contribution in [0.25, 0.3) is 0 Å². The van der Waals surface area contributed by atoms with E-state index in [9.17, 15) is 9.59 Å². The number of benzene rings is 1. The molecule has 0 saturated carbocycles. The second-order valence-electron chi connectivity index (χ2n) is 3.43. The Kier molecular flexibility index (Phi) is 5.51. The zero-order chi connectivity index (χ0) is 12.8. The zero-order valence-electron chi connectivity index (χ0n) is 9.35. The fraction of sp³-hybridized carbons (Fsp3) is 0.333. The highest BCUT2D eigenvalue weighted by molar-refractivity contribution is 8.00. The normalized spacial score (nSPS) is 12.1. The summed E-state index contributed by atoms with van der Waals surface area (Å²) in [5.74, 6) is -0.994. The highest BCUT2D eigenvalue weighted by Crippen LogP contribution is 2.25. The molecule has 5 heteroatoms. The molecular formula is C12H13ClO3S. The molecule has 1 N–H and O–H groups in total. The van der Waals surface area contributed by atoms with Gasteiger partial charge in [0.2, 0.25) is 0 Å². The Bertz CT molecular complexity index is 403. The van der Waals surface area contributed by atoms with Gasteiger partial charge in [0.05, 0.1) is 5.88 Å². The van der Waals surface area contributed by atoms with Crippen LogP contribution in [0, 0.1) is 0 Å². The molecule has 0 amide bonds. The second kappa shape index (κ2) is 6.67. The topological polar surface area (TPSA) is 54.4 Å². The van der Waals surface area contributed by atoms with Crippen molar-refractivity contribution in [1.82, 2.24) is 0 Å². The SMILES string of the molecule is CCC(Sc1ccc(C(=O)CCl)cc1)C(=O)O. The first-order chi connectivity index (χ1) is 8.08. The van der Waals surface area contributed by atoms with E-state index in [1.165, 1.54) is 11.8 Å². The standard InChI is InChI=1S/C12H13ClO3S/c1-2-11(12(15)16)17-9-5-3-8(4-6-9)10(14)7-13/h3-6,11H,2,7H2,1H3,(H,15,16). The lowest BCUT2D eigenvalue weighted by molar-refractivity contribution is -0.136. The van der Waals surface area contributed by atoms with Gasteiger partial charge in [-0.15, -0.1) is 23.4 Å². The average Bonchev–Trinajstić information content (AvgIpc) is 2.35. The van der Waals surface area contributed by atoms with Crippen molar-refractivity contribution in [3.8, 4) is 0 Å². The van der Waals surface area contributed by atoms with Crippen LogP contribution in [-0.2, 0) is 4.79 Å². The minimum atomic E-state index is -0.821. The van der Waals surface area contributed by atoms with Gasteiger partial charge >= 0.3 is 5.97 Å². The number of rotatable bonds is 6. The van der Waals surface area contributed by atoms with Crippen molar-refractivity contribution in [2.24, 2.45) is 0 Å². The molecule has 1 atom stereocenters. The first-order valence-corrected chi connectivity index (χ1v) is 6.58. The van der Waals surface area contributed by atoms with Crippen LogP contribution in [0.15, 0.2) is 29.2 Å². The molecule has 0 aromatic heterocycles. The number of carboxylic acid groups (broad SMARTS) is 1. The van der Waals surface area contributed by atoms with Crippen LogP contribution in [0.3, 0.4) is 0 Å². The maximum Gasteiger partial charge on any atom is 0.316 e. The smallest absolute Gasteiger partial charge is 0.316 e. The van der Waals surface area contributed by atoms with E-state index in [2.05, 4.69) is 0 Å². The van der Waals surface area contributed by atoms with Crippen molar-refractivity contribution in [2.75, 3.05) is 5.88 Å². The molecule has 1 aromatic carbocycles. The molecule has 0 aliphatic heterocycles. The van der Waals surface area contributed by atoms with Crippen molar-refractivity contribution in [1.29, 1.82) is 0 Å². The third kappa shape index (κ3) is 4.06. The molecule has 0 bridgehead atoms. The first-order valence-electron chi connectivity index (χ1n) is 5.17. The quantitative estimate of drug-likeness (QED) is 0.491. The number of aliphatic carboxylic acids is 1. The lowest BCUT2D eigenvalue weighted by Crippen LogP contribution is -2.14. The predicted octanol–water partition coefficient (Wildman–Crippen LogP) is 3.06. The monoisotopic (exact) mass is 272 g/mol. The summed E-state index contributed by atoms with van der Waals surface area (Å²) in [6.07, 6.45) is 0.558. The van der Waals surface area contributed by atoms with Gasteiger partial charge in [-0.1, -0.05) is 19.1 Å². The molecule has 1 aromatic rings. The fourth-order valence-corrected chi connectivity index (χ4v) is 2.31. The molecular weight excluding hydrogens is 260 g/mol. The molecule has 0 fully saturated rings. The molecule has 1 rings (SSSR count). The number of thioether (sulfide) groups is 1. The highest BCUT2D eigenvalue weighted by Gasteiger charge is 2.16. The summed E-state index contributed by atoms with van der Waals surface area (Å²) in [4.78, 5) is 23.0. The summed E-state index contributed by atoms with van der Waals surface area (Å²) in [5.41, 5.74) is 0.549. The van der Waals surface area contributed by atoms with Crippen molar-refractivity contribution in [3.05, 3.63) is 29.8 Å². The predicted molar refractivity (Wildman–Crippen MR) is 69.1 cm³/mol. The van der Waals surface area contributed by atoms with Gasteiger partial charge in [0, 0.05) is 10.5 Å². The Morgan fingerprint density at radius 1 is 1.35 bits per heavy atom. The van der Waals surface area contributed by atoms with Crippen molar-refractivity contribution < 1.29 is 14.7 Å². The minimum absolute atomic E-state index is 0.0425. The van der Waals surface area contributed by atoms with E-state index in [4.69, 9.17) is 16.7 Å². The zero-order valence-corrected chi connectivity index (χ0v) is 10.9. The molecule has 92 valence electrons. The third-order valence-electron chi connectivity index (χ3n) is 2.22. The van der Waals surface area contributed by atoms with E-state index in [1.807, 2.05) is 6.92 Å². The Morgan fingerprint density at radius 2 is 1.94 bits per heavy atom. The Morgan fingerprint density at radius 3 is 2.35 bits per heavy atom. The minimum Gasteiger partial charge on any atom is -0.480 e. The van der Waals surface area contributed by atoms with Crippen LogP contribution in [-0.4, -0.2) is 28.0 Å². The van der Waals surface area contributed by atoms with Gasteiger partial charge in [0.25, 0.3) is 0 Å².